The Bertz CT molecular complexity index is 335. The second-order valence-corrected chi connectivity index (χ2v) is 6.51. The Balaban J connectivity index is 2.02. The van der Waals surface area contributed by atoms with Crippen LogP contribution in [0.4, 0.5) is 0 Å². The predicted octanol–water partition coefficient (Wildman–Crippen LogP) is 2.97. The number of thiocarbonyl (C=S) groups is 1. The van der Waals surface area contributed by atoms with Crippen LogP contribution in [0.15, 0.2) is 0 Å². The fourth-order valence-electron chi connectivity index (χ4n) is 3.18. The molecule has 0 aromatic rings. The van der Waals surface area contributed by atoms with Crippen molar-refractivity contribution < 1.29 is 9.53 Å². The number of hydrogen-bond acceptors (Lipinski definition) is 4. The zero-order valence-corrected chi connectivity index (χ0v) is 12.7. The van der Waals surface area contributed by atoms with E-state index in [1.165, 1.54) is 11.8 Å². The lowest BCUT2D eigenvalue weighted by Gasteiger charge is -2.41. The Hall–Kier alpha value is -0.290. The Kier molecular flexibility index (Phi) is 4.90. The monoisotopic (exact) mass is 287 g/mol. The molecule has 3 nitrogen and oxygen atoms in total. The van der Waals surface area contributed by atoms with Crippen LogP contribution in [-0.4, -0.2) is 39.6 Å². The van der Waals surface area contributed by atoms with Crippen LogP contribution in [-0.2, 0) is 9.53 Å². The van der Waals surface area contributed by atoms with Crippen molar-refractivity contribution in [1.82, 2.24) is 4.90 Å². The molecule has 0 radical (unpaired) electrons. The second-order valence-electron chi connectivity index (χ2n) is 5.10. The van der Waals surface area contributed by atoms with E-state index in [2.05, 4.69) is 11.8 Å². The van der Waals surface area contributed by atoms with E-state index in [0.29, 0.717) is 28.8 Å². The molecule has 0 aromatic carbocycles. The molecule has 3 atom stereocenters. The van der Waals surface area contributed by atoms with Crippen LogP contribution in [0.1, 0.15) is 45.4 Å². The minimum atomic E-state index is 0.202. The number of nitrogens with zero attached hydrogens (tertiary/aromatic N) is 1. The Morgan fingerprint density at radius 2 is 2.33 bits per heavy atom. The van der Waals surface area contributed by atoms with E-state index in [4.69, 9.17) is 17.0 Å². The number of rotatable bonds is 3. The fourth-order valence-corrected chi connectivity index (χ4v) is 3.55. The molecule has 2 aliphatic heterocycles. The third-order valence-electron chi connectivity index (χ3n) is 3.89. The van der Waals surface area contributed by atoms with Gasteiger partial charge in [-0.2, -0.15) is 0 Å². The van der Waals surface area contributed by atoms with Crippen LogP contribution in [0.2, 0.25) is 0 Å². The number of amides is 1. The van der Waals surface area contributed by atoms with Gasteiger partial charge < -0.3 is 9.64 Å². The molecule has 0 aliphatic carbocycles. The van der Waals surface area contributed by atoms with Gasteiger partial charge in [0, 0.05) is 31.3 Å². The molecule has 0 spiro atoms. The lowest BCUT2D eigenvalue weighted by atomic mass is 9.91. The first-order valence-electron chi connectivity index (χ1n) is 6.71. The Morgan fingerprint density at radius 3 is 3.00 bits per heavy atom. The summed E-state index contributed by atoms with van der Waals surface area (Å²) < 4.78 is 6.45. The van der Waals surface area contributed by atoms with Gasteiger partial charge in [-0.3, -0.25) is 4.79 Å². The van der Waals surface area contributed by atoms with Gasteiger partial charge in [0.25, 0.3) is 0 Å². The zero-order chi connectivity index (χ0) is 13.1. The summed E-state index contributed by atoms with van der Waals surface area (Å²) in [5.74, 6) is 0.337. The summed E-state index contributed by atoms with van der Waals surface area (Å²) in [6.45, 7) is 2.17. The normalized spacial score (nSPS) is 31.3. The first kappa shape index (κ1) is 14.1. The van der Waals surface area contributed by atoms with E-state index in [1.807, 2.05) is 6.26 Å². The molecule has 2 fully saturated rings. The fraction of sp³-hybridized carbons (Fsp3) is 0.846. The van der Waals surface area contributed by atoms with Gasteiger partial charge in [0.15, 0.2) is 0 Å². The number of carbonyl (C=O) groups excluding carboxylic acids is 1. The number of thioether (sulfide) groups is 1. The van der Waals surface area contributed by atoms with E-state index < -0.39 is 0 Å². The average molecular weight is 287 g/mol. The van der Waals surface area contributed by atoms with E-state index >= 15 is 0 Å². The number of carbonyl (C=O) groups is 1. The van der Waals surface area contributed by atoms with Crippen molar-refractivity contribution in [1.29, 1.82) is 0 Å². The standard InChI is InChI=1S/C13H21NO2S2/c1-3-4-9-7-11(16-13(17)18-2)8-10-5-6-12(15)14(9)10/h9-11H,3-8H2,1-2H3/t9-,10-,11+/m1/s1. The van der Waals surface area contributed by atoms with Gasteiger partial charge in [-0.15, -0.1) is 0 Å². The molecule has 2 heterocycles. The maximum Gasteiger partial charge on any atom is 0.223 e. The van der Waals surface area contributed by atoms with Gasteiger partial charge in [-0.25, -0.2) is 0 Å². The Morgan fingerprint density at radius 1 is 1.56 bits per heavy atom. The third-order valence-corrected chi connectivity index (χ3v) is 4.91. The highest BCUT2D eigenvalue weighted by molar-refractivity contribution is 8.22. The number of hydrogen-bond donors (Lipinski definition) is 0. The molecule has 5 heteroatoms. The molecular weight excluding hydrogens is 266 g/mol. The van der Waals surface area contributed by atoms with Crippen molar-refractivity contribution in [3.8, 4) is 0 Å². The summed E-state index contributed by atoms with van der Waals surface area (Å²) in [6.07, 6.45) is 7.93. The molecule has 0 bridgehead atoms. The number of fused-ring (bicyclic) bond motifs is 1. The van der Waals surface area contributed by atoms with Gasteiger partial charge >= 0.3 is 0 Å². The average Bonchev–Trinajstić information content (AvgIpc) is 2.71. The van der Waals surface area contributed by atoms with Crippen LogP contribution in [0.25, 0.3) is 0 Å². The van der Waals surface area contributed by atoms with Crippen molar-refractivity contribution in [2.45, 2.75) is 63.6 Å². The summed E-state index contributed by atoms with van der Waals surface area (Å²) in [6, 6.07) is 0.746. The molecular formula is C13H21NO2S2. The topological polar surface area (TPSA) is 29.5 Å². The molecule has 2 saturated heterocycles. The Labute approximate surface area is 119 Å². The van der Waals surface area contributed by atoms with Crippen LogP contribution < -0.4 is 0 Å². The molecule has 0 unspecified atom stereocenters. The van der Waals surface area contributed by atoms with Crippen LogP contribution in [0, 0.1) is 0 Å². The highest BCUT2D eigenvalue weighted by Crippen LogP contribution is 2.35. The minimum absolute atomic E-state index is 0.202. The summed E-state index contributed by atoms with van der Waals surface area (Å²) in [7, 11) is 0. The van der Waals surface area contributed by atoms with E-state index in [0.717, 1.165) is 32.1 Å². The van der Waals surface area contributed by atoms with Gasteiger partial charge in [-0.1, -0.05) is 25.1 Å². The SMILES string of the molecule is CCC[C@@H]1C[C@H](OC(=S)SC)C[C@H]2CCC(=O)N12. The molecule has 0 N–H and O–H groups in total. The van der Waals surface area contributed by atoms with Crippen LogP contribution in [0.5, 0.6) is 0 Å². The third kappa shape index (κ3) is 2.99. The first-order chi connectivity index (χ1) is 8.65. The van der Waals surface area contributed by atoms with Crippen LogP contribution >= 0.6 is 24.0 Å². The van der Waals surface area contributed by atoms with Crippen molar-refractivity contribution in [2.75, 3.05) is 6.26 Å². The maximum absolute atomic E-state index is 11.9. The molecule has 2 rings (SSSR count). The maximum atomic E-state index is 11.9. The molecule has 2 aliphatic rings. The first-order valence-corrected chi connectivity index (χ1v) is 8.34. The van der Waals surface area contributed by atoms with E-state index in [1.54, 1.807) is 0 Å². The zero-order valence-electron chi connectivity index (χ0n) is 11.1. The highest BCUT2D eigenvalue weighted by atomic mass is 32.2. The molecule has 0 saturated carbocycles. The van der Waals surface area contributed by atoms with Gasteiger partial charge in [0.2, 0.25) is 10.3 Å². The van der Waals surface area contributed by atoms with Crippen molar-refractivity contribution in [3.63, 3.8) is 0 Å². The summed E-state index contributed by atoms with van der Waals surface area (Å²) in [4.78, 5) is 14.1. The molecule has 18 heavy (non-hydrogen) atoms. The summed E-state index contributed by atoms with van der Waals surface area (Å²) >= 11 is 6.63. The largest absolute Gasteiger partial charge is 0.475 e. The predicted molar refractivity (Wildman–Crippen MR) is 78.8 cm³/mol. The van der Waals surface area contributed by atoms with E-state index in [9.17, 15) is 4.79 Å². The van der Waals surface area contributed by atoms with Gasteiger partial charge in [0.1, 0.15) is 6.10 Å². The summed E-state index contributed by atoms with van der Waals surface area (Å²) in [5.41, 5.74) is 0. The van der Waals surface area contributed by atoms with Crippen molar-refractivity contribution in [2.24, 2.45) is 0 Å². The molecule has 0 aromatic heterocycles. The lowest BCUT2D eigenvalue weighted by molar-refractivity contribution is -0.134. The number of ether oxygens (including phenoxy) is 1. The van der Waals surface area contributed by atoms with Crippen molar-refractivity contribution in [3.05, 3.63) is 0 Å². The van der Waals surface area contributed by atoms with E-state index in [-0.39, 0.29) is 6.10 Å². The minimum Gasteiger partial charge on any atom is -0.475 e. The molecule has 102 valence electrons. The quantitative estimate of drug-likeness (QED) is 0.746. The smallest absolute Gasteiger partial charge is 0.223 e. The van der Waals surface area contributed by atoms with Gasteiger partial charge in [0.05, 0.1) is 0 Å². The molecule has 1 amide bonds. The van der Waals surface area contributed by atoms with Gasteiger partial charge in [-0.05, 0) is 31.3 Å². The van der Waals surface area contributed by atoms with Crippen LogP contribution in [0.3, 0.4) is 0 Å². The second kappa shape index (κ2) is 6.24. The summed E-state index contributed by atoms with van der Waals surface area (Å²) in [5, 5.41) is 0. The highest BCUT2D eigenvalue weighted by Gasteiger charge is 2.42. The lowest BCUT2D eigenvalue weighted by Crippen LogP contribution is -2.50. The van der Waals surface area contributed by atoms with Crippen molar-refractivity contribution >= 4 is 34.3 Å². The number of piperidine rings is 1.